The predicted octanol–water partition coefficient (Wildman–Crippen LogP) is 6.01. The summed E-state index contributed by atoms with van der Waals surface area (Å²) >= 11 is 17.4. The van der Waals surface area contributed by atoms with E-state index in [-0.39, 0.29) is 5.91 Å². The van der Waals surface area contributed by atoms with Gasteiger partial charge in [-0.3, -0.25) is 4.79 Å². The van der Waals surface area contributed by atoms with Gasteiger partial charge >= 0.3 is 0 Å². The summed E-state index contributed by atoms with van der Waals surface area (Å²) in [7, 11) is 0. The highest BCUT2D eigenvalue weighted by molar-refractivity contribution is 14.1. The average Bonchev–Trinajstić information content (AvgIpc) is 2.41. The number of carbonyl (C=O) groups excluding carboxylic acids is 1. The highest BCUT2D eigenvalue weighted by Gasteiger charge is 2.04. The molecule has 2 rings (SSSR count). The van der Waals surface area contributed by atoms with Crippen LogP contribution in [0.1, 0.15) is 5.56 Å². The molecule has 0 atom stereocenters. The van der Waals surface area contributed by atoms with Crippen molar-refractivity contribution in [2.24, 2.45) is 0 Å². The Labute approximate surface area is 154 Å². The summed E-state index contributed by atoms with van der Waals surface area (Å²) in [5.74, 6) is -0.221. The van der Waals surface area contributed by atoms with Crippen LogP contribution in [0, 0.1) is 3.57 Å². The molecule has 1 amide bonds. The number of hydrogen-bond acceptors (Lipinski definition) is 1. The van der Waals surface area contributed by atoms with Crippen molar-refractivity contribution >= 4 is 79.4 Å². The lowest BCUT2D eigenvalue weighted by atomic mass is 10.2. The minimum atomic E-state index is -0.221. The molecule has 0 aliphatic carbocycles. The van der Waals surface area contributed by atoms with Crippen molar-refractivity contribution < 1.29 is 4.79 Å². The van der Waals surface area contributed by atoms with Crippen LogP contribution >= 0.6 is 61.7 Å². The van der Waals surface area contributed by atoms with E-state index >= 15 is 0 Å². The fourth-order valence-corrected chi connectivity index (χ4v) is 3.48. The van der Waals surface area contributed by atoms with Gasteiger partial charge in [0.1, 0.15) is 0 Å². The Morgan fingerprint density at radius 2 is 1.95 bits per heavy atom. The fourth-order valence-electron chi connectivity index (χ4n) is 1.57. The van der Waals surface area contributed by atoms with E-state index in [1.807, 2.05) is 18.2 Å². The monoisotopic (exact) mass is 495 g/mol. The molecule has 0 radical (unpaired) electrons. The zero-order chi connectivity index (χ0) is 15.4. The lowest BCUT2D eigenvalue weighted by Crippen LogP contribution is -2.08. The second-order valence-corrected chi connectivity index (χ2v) is 7.03. The Balaban J connectivity index is 2.09. The molecule has 21 heavy (non-hydrogen) atoms. The minimum absolute atomic E-state index is 0.221. The van der Waals surface area contributed by atoms with Gasteiger partial charge in [0.15, 0.2) is 0 Å². The van der Waals surface area contributed by atoms with Crippen LogP contribution < -0.4 is 5.32 Å². The lowest BCUT2D eigenvalue weighted by molar-refractivity contribution is -0.111. The summed E-state index contributed by atoms with van der Waals surface area (Å²) in [6.45, 7) is 0. The second-order valence-electron chi connectivity index (χ2n) is 4.11. The third-order valence-electron chi connectivity index (χ3n) is 2.57. The van der Waals surface area contributed by atoms with Crippen molar-refractivity contribution in [3.05, 3.63) is 66.1 Å². The second kappa shape index (κ2) is 7.63. The third-order valence-corrected chi connectivity index (χ3v) is 4.51. The lowest BCUT2D eigenvalue weighted by Gasteiger charge is -2.05. The average molecular weight is 497 g/mol. The number of benzene rings is 2. The van der Waals surface area contributed by atoms with E-state index in [0.29, 0.717) is 10.0 Å². The molecule has 0 fully saturated rings. The van der Waals surface area contributed by atoms with Gasteiger partial charge in [0.25, 0.3) is 0 Å². The molecule has 0 aliphatic heterocycles. The molecule has 0 saturated carbocycles. The Kier molecular flexibility index (Phi) is 6.10. The molecule has 0 heterocycles. The van der Waals surface area contributed by atoms with Gasteiger partial charge in [-0.15, -0.1) is 0 Å². The zero-order valence-electron chi connectivity index (χ0n) is 10.5. The van der Waals surface area contributed by atoms with E-state index in [2.05, 4.69) is 43.8 Å². The molecule has 2 nitrogen and oxygen atoms in total. The molecule has 0 spiro atoms. The molecule has 0 bridgehead atoms. The molecule has 6 heteroatoms. The maximum Gasteiger partial charge on any atom is 0.248 e. The van der Waals surface area contributed by atoms with Crippen LogP contribution in [0.4, 0.5) is 5.69 Å². The first-order valence-electron chi connectivity index (χ1n) is 5.85. The van der Waals surface area contributed by atoms with Gasteiger partial charge in [0.2, 0.25) is 5.91 Å². The molecule has 0 unspecified atom stereocenters. The third kappa shape index (κ3) is 4.98. The van der Waals surface area contributed by atoms with Crippen molar-refractivity contribution in [3.63, 3.8) is 0 Å². The Morgan fingerprint density at radius 1 is 1.19 bits per heavy atom. The van der Waals surface area contributed by atoms with Crippen LogP contribution in [0.3, 0.4) is 0 Å². The number of anilines is 1. The minimum Gasteiger partial charge on any atom is -0.322 e. The van der Waals surface area contributed by atoms with E-state index in [1.54, 1.807) is 24.3 Å². The van der Waals surface area contributed by atoms with Crippen LogP contribution in [0.15, 0.2) is 46.9 Å². The molecule has 0 aliphatic rings. The highest BCUT2D eigenvalue weighted by Crippen LogP contribution is 2.24. The zero-order valence-corrected chi connectivity index (χ0v) is 15.8. The first-order chi connectivity index (χ1) is 9.95. The number of halogens is 4. The summed E-state index contributed by atoms with van der Waals surface area (Å²) in [6, 6.07) is 10.8. The summed E-state index contributed by atoms with van der Waals surface area (Å²) in [4.78, 5) is 11.9. The van der Waals surface area contributed by atoms with Crippen molar-refractivity contribution in [2.75, 3.05) is 5.32 Å². The molecule has 0 saturated heterocycles. The van der Waals surface area contributed by atoms with Gasteiger partial charge in [-0.2, -0.15) is 0 Å². The summed E-state index contributed by atoms with van der Waals surface area (Å²) < 4.78 is 1.92. The van der Waals surface area contributed by atoms with Gasteiger partial charge in [-0.25, -0.2) is 0 Å². The van der Waals surface area contributed by atoms with E-state index < -0.39 is 0 Å². The van der Waals surface area contributed by atoms with Gasteiger partial charge in [-0.1, -0.05) is 45.2 Å². The molecule has 108 valence electrons. The van der Waals surface area contributed by atoms with Gasteiger partial charge in [0, 0.05) is 24.2 Å². The molecule has 2 aromatic carbocycles. The quantitative estimate of drug-likeness (QED) is 0.409. The smallest absolute Gasteiger partial charge is 0.248 e. The van der Waals surface area contributed by atoms with Gasteiger partial charge < -0.3 is 5.32 Å². The van der Waals surface area contributed by atoms with Gasteiger partial charge in [0.05, 0.1) is 5.69 Å². The van der Waals surface area contributed by atoms with Crippen molar-refractivity contribution in [1.29, 1.82) is 0 Å². The van der Waals surface area contributed by atoms with E-state index in [1.165, 1.54) is 6.08 Å². The van der Waals surface area contributed by atoms with Crippen molar-refractivity contribution in [2.45, 2.75) is 0 Å². The topological polar surface area (TPSA) is 29.1 Å². The molecule has 2 aromatic rings. The van der Waals surface area contributed by atoms with E-state index in [0.717, 1.165) is 19.3 Å². The molecular formula is C15H9BrCl2INO. The van der Waals surface area contributed by atoms with E-state index in [4.69, 9.17) is 23.2 Å². The number of nitrogens with one attached hydrogen (secondary N) is 1. The van der Waals surface area contributed by atoms with Gasteiger partial charge in [-0.05, 0) is 64.6 Å². The van der Waals surface area contributed by atoms with Crippen LogP contribution in [-0.2, 0) is 4.79 Å². The first-order valence-corrected chi connectivity index (χ1v) is 8.47. The fraction of sp³-hybridized carbons (Fsp3) is 0. The summed E-state index contributed by atoms with van der Waals surface area (Å²) in [5, 5.41) is 3.88. The Hall–Kier alpha value is -0.560. The number of hydrogen-bond donors (Lipinski definition) is 1. The van der Waals surface area contributed by atoms with Crippen LogP contribution in [0.25, 0.3) is 6.08 Å². The van der Waals surface area contributed by atoms with Crippen molar-refractivity contribution in [3.8, 4) is 0 Å². The van der Waals surface area contributed by atoms with E-state index in [9.17, 15) is 4.79 Å². The Bertz CT molecular complexity index is 719. The van der Waals surface area contributed by atoms with Crippen LogP contribution in [0.2, 0.25) is 10.0 Å². The van der Waals surface area contributed by atoms with Crippen LogP contribution in [-0.4, -0.2) is 5.91 Å². The predicted molar refractivity (Wildman–Crippen MR) is 101 cm³/mol. The first kappa shape index (κ1) is 16.8. The maximum absolute atomic E-state index is 11.9. The van der Waals surface area contributed by atoms with Crippen molar-refractivity contribution in [1.82, 2.24) is 0 Å². The summed E-state index contributed by atoms with van der Waals surface area (Å²) in [6.07, 6.45) is 3.09. The number of rotatable bonds is 3. The molecular weight excluding hydrogens is 488 g/mol. The Morgan fingerprint density at radius 3 is 2.62 bits per heavy atom. The maximum atomic E-state index is 11.9. The summed E-state index contributed by atoms with van der Waals surface area (Å²) in [5.41, 5.74) is 1.50. The molecule has 1 N–H and O–H groups in total. The highest BCUT2D eigenvalue weighted by atomic mass is 127. The number of amides is 1. The normalized spacial score (nSPS) is 10.9. The molecule has 0 aromatic heterocycles. The number of carbonyl (C=O) groups is 1. The standard InChI is InChI=1S/C15H9BrCl2INO/c16-10-3-5-14(13(19)7-10)20-15(21)6-2-9-1-4-11(17)8-12(9)18/h1-8H,(H,20,21). The SMILES string of the molecule is O=C(C=Cc1ccc(Cl)cc1Cl)Nc1ccc(Br)cc1I. The largest absolute Gasteiger partial charge is 0.322 e. The van der Waals surface area contributed by atoms with Crippen LogP contribution in [0.5, 0.6) is 0 Å².